The number of carbonyl (C=O) groups excluding carboxylic acids is 4. The van der Waals surface area contributed by atoms with Crippen LogP contribution in [-0.2, 0) is 19.1 Å². The number of hydrogen-bond acceptors (Lipinski definition) is 8. The zero-order chi connectivity index (χ0) is 45.0. The van der Waals surface area contributed by atoms with Gasteiger partial charge in [-0.2, -0.15) is 0 Å². The maximum absolute atomic E-state index is 14.3. The summed E-state index contributed by atoms with van der Waals surface area (Å²) in [7, 11) is 2.61. The number of ether oxygens (including phenoxy) is 2. The van der Waals surface area contributed by atoms with Gasteiger partial charge in [0.25, 0.3) is 5.91 Å². The van der Waals surface area contributed by atoms with E-state index in [1.165, 1.54) is 14.2 Å². The van der Waals surface area contributed by atoms with Crippen LogP contribution in [0.1, 0.15) is 87.7 Å². The Hall–Kier alpha value is -6.96. The molecular weight excluding hydrogens is 821 g/mol. The maximum atomic E-state index is 14.3. The average molecular weight is 875 g/mol. The van der Waals surface area contributed by atoms with Crippen molar-refractivity contribution >= 4 is 34.8 Å². The summed E-state index contributed by atoms with van der Waals surface area (Å²) >= 11 is 0. The van der Waals surface area contributed by atoms with Gasteiger partial charge in [0.2, 0.25) is 5.91 Å². The lowest BCUT2D eigenvalue weighted by molar-refractivity contribution is -0.138. The molecule has 4 fully saturated rings. The number of amides is 4. The number of alkyl carbamates (subject to hydrolysis) is 2. The number of imidazole rings is 2. The van der Waals surface area contributed by atoms with Gasteiger partial charge in [0.15, 0.2) is 0 Å². The number of nitrogens with zero attached hydrogens (tertiary/aromatic N) is 4. The molecule has 14 nitrogen and oxygen atoms in total. The van der Waals surface area contributed by atoms with E-state index in [0.717, 1.165) is 94.6 Å². The number of likely N-dealkylation sites (tertiary alicyclic amines) is 2. The lowest BCUT2D eigenvalue weighted by atomic mass is 9.96. The molecule has 2 aliphatic carbocycles. The van der Waals surface area contributed by atoms with Gasteiger partial charge >= 0.3 is 12.2 Å². The molecule has 2 aliphatic heterocycles. The predicted molar refractivity (Wildman–Crippen MR) is 245 cm³/mol. The molecule has 1 spiro atoms. The number of piperidine rings is 1. The molecule has 0 radical (unpaired) electrons. The van der Waals surface area contributed by atoms with E-state index in [9.17, 15) is 19.2 Å². The minimum atomic E-state index is -0.874. The van der Waals surface area contributed by atoms with Gasteiger partial charge in [0.05, 0.1) is 50.1 Å². The molecule has 2 bridgehead atoms. The van der Waals surface area contributed by atoms with Crippen molar-refractivity contribution in [1.82, 2.24) is 40.4 Å². The summed E-state index contributed by atoms with van der Waals surface area (Å²) in [5.41, 5.74) is 6.74. The molecular formula is C51H54N8O6. The average Bonchev–Trinajstić information content (AvgIpc) is 3.97. The number of rotatable bonds is 11. The summed E-state index contributed by atoms with van der Waals surface area (Å²) in [5, 5.41) is 7.74. The number of aromatic nitrogens is 4. The minimum Gasteiger partial charge on any atom is -0.453 e. The number of aromatic amines is 2. The summed E-state index contributed by atoms with van der Waals surface area (Å²) in [6, 6.07) is 28.7. The number of hydrogen-bond donors (Lipinski definition) is 4. The van der Waals surface area contributed by atoms with Crippen LogP contribution in [0.4, 0.5) is 9.59 Å². The first-order valence-electron chi connectivity index (χ1n) is 22.6. The summed E-state index contributed by atoms with van der Waals surface area (Å²) in [6.45, 7) is 4.51. The van der Waals surface area contributed by atoms with Gasteiger partial charge in [0.1, 0.15) is 23.7 Å². The third-order valence-electron chi connectivity index (χ3n) is 14.3. The van der Waals surface area contributed by atoms with E-state index >= 15 is 0 Å². The van der Waals surface area contributed by atoms with Crippen molar-refractivity contribution in [3.8, 4) is 33.6 Å². The largest absolute Gasteiger partial charge is 0.453 e. The smallest absolute Gasteiger partial charge is 0.407 e. The molecule has 2 saturated heterocycles. The first-order valence-corrected chi connectivity index (χ1v) is 22.6. The molecule has 334 valence electrons. The number of fused-ring (bicyclic) bond motifs is 3. The van der Waals surface area contributed by atoms with Crippen molar-refractivity contribution in [3.05, 3.63) is 121 Å². The second kappa shape index (κ2) is 16.9. The third-order valence-corrected chi connectivity index (χ3v) is 14.3. The number of benzene rings is 4. The van der Waals surface area contributed by atoms with Gasteiger partial charge in [-0.1, -0.05) is 92.7 Å². The van der Waals surface area contributed by atoms with Crippen LogP contribution < -0.4 is 10.6 Å². The Morgan fingerprint density at radius 2 is 1.34 bits per heavy atom. The van der Waals surface area contributed by atoms with Crippen molar-refractivity contribution in [2.24, 2.45) is 17.3 Å². The highest BCUT2D eigenvalue weighted by atomic mass is 16.5. The molecule has 14 heteroatoms. The molecule has 4 amide bonds. The summed E-state index contributed by atoms with van der Waals surface area (Å²) in [6.07, 6.45) is 8.28. The monoisotopic (exact) mass is 874 g/mol. The van der Waals surface area contributed by atoms with E-state index in [-0.39, 0.29) is 47.2 Å². The quantitative estimate of drug-likeness (QED) is 0.0999. The van der Waals surface area contributed by atoms with Crippen LogP contribution in [0, 0.1) is 17.3 Å². The van der Waals surface area contributed by atoms with Gasteiger partial charge in [-0.05, 0) is 101 Å². The van der Waals surface area contributed by atoms with Crippen LogP contribution >= 0.6 is 0 Å². The van der Waals surface area contributed by atoms with Crippen molar-refractivity contribution in [1.29, 1.82) is 0 Å². The molecule has 65 heavy (non-hydrogen) atoms. The first-order chi connectivity index (χ1) is 31.5. The zero-order valence-corrected chi connectivity index (χ0v) is 37.0. The van der Waals surface area contributed by atoms with Crippen LogP contribution in [0.15, 0.2) is 103 Å². The molecule has 4 aliphatic rings. The molecule has 2 saturated carbocycles. The highest BCUT2D eigenvalue weighted by Crippen LogP contribution is 2.58. The Balaban J connectivity index is 0.838. The van der Waals surface area contributed by atoms with E-state index in [1.54, 1.807) is 0 Å². The third kappa shape index (κ3) is 7.99. The number of H-pyrrole nitrogens is 2. The lowest BCUT2D eigenvalue weighted by Gasteiger charge is -2.36. The lowest BCUT2D eigenvalue weighted by Crippen LogP contribution is -2.51. The fourth-order valence-corrected chi connectivity index (χ4v) is 10.6. The Morgan fingerprint density at radius 1 is 0.723 bits per heavy atom. The van der Waals surface area contributed by atoms with E-state index in [2.05, 4.69) is 81.3 Å². The van der Waals surface area contributed by atoms with E-state index in [0.29, 0.717) is 12.1 Å². The van der Waals surface area contributed by atoms with Crippen molar-refractivity contribution in [2.75, 3.05) is 20.8 Å². The molecule has 0 unspecified atom stereocenters. The Kier molecular flexibility index (Phi) is 10.9. The fourth-order valence-electron chi connectivity index (χ4n) is 10.6. The van der Waals surface area contributed by atoms with Crippen molar-refractivity contribution in [2.45, 2.75) is 82.6 Å². The van der Waals surface area contributed by atoms with E-state index < -0.39 is 24.3 Å². The molecule has 4 heterocycles. The minimum absolute atomic E-state index is 0.0761. The molecule has 10 rings (SSSR count). The molecule has 6 atom stereocenters. The van der Waals surface area contributed by atoms with Crippen LogP contribution in [-0.4, -0.2) is 86.6 Å². The summed E-state index contributed by atoms with van der Waals surface area (Å²) < 4.78 is 9.73. The Bertz CT molecular complexity index is 2760. The molecule has 6 aromatic rings. The second-order valence-corrected chi connectivity index (χ2v) is 18.7. The van der Waals surface area contributed by atoms with Gasteiger partial charge in [0, 0.05) is 18.2 Å². The van der Waals surface area contributed by atoms with Crippen LogP contribution in [0.5, 0.6) is 0 Å². The van der Waals surface area contributed by atoms with Crippen LogP contribution in [0.3, 0.4) is 0 Å². The van der Waals surface area contributed by atoms with Gasteiger partial charge in [-0.3, -0.25) is 9.59 Å². The first kappa shape index (κ1) is 42.0. The topological polar surface area (TPSA) is 175 Å². The van der Waals surface area contributed by atoms with E-state index in [1.807, 2.05) is 66.4 Å². The predicted octanol–water partition coefficient (Wildman–Crippen LogP) is 8.87. The Morgan fingerprint density at radius 3 is 2.03 bits per heavy atom. The number of methoxy groups -OCH3 is 2. The highest BCUT2D eigenvalue weighted by Gasteiger charge is 2.55. The Labute approximate surface area is 377 Å². The number of nitrogens with one attached hydrogen (secondary N) is 4. The molecule has 2 aromatic heterocycles. The highest BCUT2D eigenvalue weighted by molar-refractivity contribution is 5.91. The fraction of sp³-hybridized carbons (Fsp3) is 0.373. The SMILES string of the molecule is COC(=O)N[C@H](C(=O)N1[C@@H]2CC[C@@H](C2)[C@H]1c1ncc(-c2ccc(-c3ccc4cc(-c5cnc([C@@H]6CC7(CC7)CN6C(=O)[C@@H](NC(=O)OC)C(C)C)[nH]5)ccc4c3)cc2)[nH]1)c1ccccc1. The standard InChI is InChI=1S/C51H54N8O6/c1-29(2)42(56-49(62)64-3)47(60)58-28-51(20-21-51)25-41(58)45-52-27-40(54-45)36-17-16-34-22-33(14-15-35(34)23-36)30-10-12-31(13-11-30)39-26-53-46(55-39)44-37-18-19-38(24-37)59(44)48(61)43(57-50(63)65-4)32-8-6-5-7-9-32/h5-17,22-23,26-27,29,37-38,41-44H,18-21,24-25,28H2,1-4H3,(H,52,54)(H,53,55)(H,56,62)(H,57,63)/t37-,38+,41-,42-,43-,44-/m0/s1. The van der Waals surface area contributed by atoms with Crippen LogP contribution in [0.25, 0.3) is 44.4 Å². The molecule has 4 aromatic carbocycles. The van der Waals surface area contributed by atoms with E-state index in [4.69, 9.17) is 19.4 Å². The van der Waals surface area contributed by atoms with Gasteiger partial charge in [-0.25, -0.2) is 19.6 Å². The zero-order valence-electron chi connectivity index (χ0n) is 37.0. The summed E-state index contributed by atoms with van der Waals surface area (Å²) in [5.74, 6) is 1.40. The maximum Gasteiger partial charge on any atom is 0.407 e. The van der Waals surface area contributed by atoms with Crippen LogP contribution in [0.2, 0.25) is 0 Å². The second-order valence-electron chi connectivity index (χ2n) is 18.7. The summed E-state index contributed by atoms with van der Waals surface area (Å²) in [4.78, 5) is 73.4. The van der Waals surface area contributed by atoms with Gasteiger partial charge < -0.3 is 39.9 Å². The molecule has 4 N–H and O–H groups in total. The number of carbonyl (C=O) groups is 4. The van der Waals surface area contributed by atoms with Crippen molar-refractivity contribution in [3.63, 3.8) is 0 Å². The normalized spacial score (nSPS) is 21.4. The van der Waals surface area contributed by atoms with Gasteiger partial charge in [-0.15, -0.1) is 0 Å². The van der Waals surface area contributed by atoms with Crippen molar-refractivity contribution < 1.29 is 28.7 Å².